The topological polar surface area (TPSA) is 66.8 Å². The van der Waals surface area contributed by atoms with E-state index in [1.165, 1.54) is 12.0 Å². The minimum Gasteiger partial charge on any atom is -0.496 e. The maximum absolute atomic E-state index is 12.6. The van der Waals surface area contributed by atoms with Crippen LogP contribution in [0, 0.1) is 12.3 Å². The Morgan fingerprint density at radius 2 is 2.19 bits per heavy atom. The molecule has 2 rings (SSSR count). The quantitative estimate of drug-likeness (QED) is 0.859. The largest absolute Gasteiger partial charge is 0.496 e. The van der Waals surface area contributed by atoms with Gasteiger partial charge in [-0.1, -0.05) is 5.92 Å². The first-order valence-corrected chi connectivity index (χ1v) is 6.73. The maximum atomic E-state index is 12.6. The predicted octanol–water partition coefficient (Wildman–Crippen LogP) is 1.71. The fraction of sp³-hybridized carbons (Fsp3) is 0.375. The molecule has 0 saturated carbocycles. The standard InChI is InChI=1S/C16H16NO4/c1-3-11-7-8-12(14(10-11)21-2)15(18)17-9-5-4-6-13(17)16(19)20/h7-8,10,13H,4-6,9H2,2H3,(H,19,20). The number of likely N-dealkylation sites (tertiary alicyclic amines) is 1. The molecule has 0 aromatic heterocycles. The van der Waals surface area contributed by atoms with E-state index in [1.807, 2.05) is 0 Å². The number of carbonyl (C=O) groups is 2. The summed E-state index contributed by atoms with van der Waals surface area (Å²) in [7, 11) is 1.44. The van der Waals surface area contributed by atoms with Gasteiger partial charge < -0.3 is 14.7 Å². The van der Waals surface area contributed by atoms with Crippen LogP contribution in [0.1, 0.15) is 35.2 Å². The number of hydrogen-bond donors (Lipinski definition) is 1. The lowest BCUT2D eigenvalue weighted by Crippen LogP contribution is -2.48. The van der Waals surface area contributed by atoms with Crippen LogP contribution in [0.25, 0.3) is 0 Å². The van der Waals surface area contributed by atoms with E-state index in [1.54, 1.807) is 18.2 Å². The molecule has 21 heavy (non-hydrogen) atoms. The lowest BCUT2D eigenvalue weighted by molar-refractivity contribution is -0.143. The molecule has 1 aromatic rings. The van der Waals surface area contributed by atoms with Gasteiger partial charge >= 0.3 is 5.97 Å². The van der Waals surface area contributed by atoms with E-state index in [-0.39, 0.29) is 5.91 Å². The zero-order valence-electron chi connectivity index (χ0n) is 11.8. The molecule has 1 saturated heterocycles. The van der Waals surface area contributed by atoms with Crippen molar-refractivity contribution in [2.75, 3.05) is 13.7 Å². The molecule has 1 atom stereocenters. The first kappa shape index (κ1) is 14.9. The highest BCUT2D eigenvalue weighted by Gasteiger charge is 2.33. The average molecular weight is 286 g/mol. The Bertz CT molecular complexity index is 603. The summed E-state index contributed by atoms with van der Waals surface area (Å²) < 4.78 is 5.18. The second kappa shape index (κ2) is 6.31. The smallest absolute Gasteiger partial charge is 0.326 e. The van der Waals surface area contributed by atoms with Crippen molar-refractivity contribution in [2.24, 2.45) is 0 Å². The number of rotatable bonds is 3. The zero-order chi connectivity index (χ0) is 15.4. The van der Waals surface area contributed by atoms with E-state index in [0.717, 1.165) is 12.8 Å². The Morgan fingerprint density at radius 1 is 1.43 bits per heavy atom. The molecule has 1 aromatic carbocycles. The van der Waals surface area contributed by atoms with E-state index in [4.69, 9.17) is 11.2 Å². The summed E-state index contributed by atoms with van der Waals surface area (Å²) in [5.41, 5.74) is 0.807. The summed E-state index contributed by atoms with van der Waals surface area (Å²) in [4.78, 5) is 25.3. The minimum absolute atomic E-state index is 0.310. The van der Waals surface area contributed by atoms with E-state index in [9.17, 15) is 14.7 Å². The van der Waals surface area contributed by atoms with Gasteiger partial charge in [-0.3, -0.25) is 4.79 Å². The van der Waals surface area contributed by atoms with E-state index in [0.29, 0.717) is 29.8 Å². The molecule has 109 valence electrons. The molecule has 0 spiro atoms. The lowest BCUT2D eigenvalue weighted by atomic mass is 10.00. The van der Waals surface area contributed by atoms with Crippen LogP contribution in [0.4, 0.5) is 0 Å². The second-order valence-electron chi connectivity index (χ2n) is 4.89. The maximum Gasteiger partial charge on any atom is 0.326 e. The number of carboxylic acid groups (broad SMARTS) is 1. The van der Waals surface area contributed by atoms with Crippen LogP contribution in [-0.4, -0.2) is 41.6 Å². The van der Waals surface area contributed by atoms with Gasteiger partial charge in [-0.15, -0.1) is 0 Å². The Balaban J connectivity index is 2.34. The van der Waals surface area contributed by atoms with Crippen molar-refractivity contribution < 1.29 is 19.4 Å². The second-order valence-corrected chi connectivity index (χ2v) is 4.89. The molecule has 0 aliphatic carbocycles. The molecular formula is C16H16NO4. The van der Waals surface area contributed by atoms with Gasteiger partial charge in [-0.05, 0) is 43.9 Å². The van der Waals surface area contributed by atoms with Crippen LogP contribution in [0.2, 0.25) is 0 Å². The van der Waals surface area contributed by atoms with Crippen molar-refractivity contribution >= 4 is 11.9 Å². The number of piperidine rings is 1. The lowest BCUT2D eigenvalue weighted by Gasteiger charge is -2.33. The van der Waals surface area contributed by atoms with Crippen molar-refractivity contribution in [1.29, 1.82) is 0 Å². The zero-order valence-corrected chi connectivity index (χ0v) is 11.8. The molecule has 1 unspecified atom stereocenters. The van der Waals surface area contributed by atoms with Crippen molar-refractivity contribution in [1.82, 2.24) is 4.90 Å². The third kappa shape index (κ3) is 3.00. The number of methoxy groups -OCH3 is 1. The van der Waals surface area contributed by atoms with E-state index in [2.05, 4.69) is 5.92 Å². The molecule has 1 N–H and O–H groups in total. The number of carbonyl (C=O) groups excluding carboxylic acids is 1. The van der Waals surface area contributed by atoms with Gasteiger partial charge in [0.2, 0.25) is 0 Å². The average Bonchev–Trinajstić information content (AvgIpc) is 2.53. The highest BCUT2D eigenvalue weighted by molar-refractivity contribution is 5.99. The highest BCUT2D eigenvalue weighted by atomic mass is 16.5. The first-order chi connectivity index (χ1) is 10.1. The number of nitrogens with zero attached hydrogens (tertiary/aromatic N) is 1. The third-order valence-electron chi connectivity index (χ3n) is 3.62. The van der Waals surface area contributed by atoms with E-state index >= 15 is 0 Å². The first-order valence-electron chi connectivity index (χ1n) is 6.73. The molecule has 1 radical (unpaired) electrons. The van der Waals surface area contributed by atoms with Crippen LogP contribution >= 0.6 is 0 Å². The van der Waals surface area contributed by atoms with Gasteiger partial charge in [0, 0.05) is 12.1 Å². The number of hydrogen-bond acceptors (Lipinski definition) is 3. The predicted molar refractivity (Wildman–Crippen MR) is 75.5 cm³/mol. The van der Waals surface area contributed by atoms with Crippen molar-refractivity contribution in [3.8, 4) is 11.7 Å². The summed E-state index contributed by atoms with van der Waals surface area (Å²) >= 11 is 0. The summed E-state index contributed by atoms with van der Waals surface area (Å²) in [5.74, 6) is 1.22. The fourth-order valence-corrected chi connectivity index (χ4v) is 2.53. The van der Waals surface area contributed by atoms with Gasteiger partial charge in [-0.25, -0.2) is 4.79 Å². The molecule has 1 aliphatic rings. The Kier molecular flexibility index (Phi) is 4.49. The van der Waals surface area contributed by atoms with Gasteiger partial charge in [0.15, 0.2) is 0 Å². The summed E-state index contributed by atoms with van der Waals surface area (Å²) in [6.07, 6.45) is 9.17. The fourth-order valence-electron chi connectivity index (χ4n) is 2.53. The molecule has 1 fully saturated rings. The summed E-state index contributed by atoms with van der Waals surface area (Å²) in [6, 6.07) is 3.89. The highest BCUT2D eigenvalue weighted by Crippen LogP contribution is 2.25. The third-order valence-corrected chi connectivity index (χ3v) is 3.62. The Labute approximate surface area is 123 Å². The van der Waals surface area contributed by atoms with Gasteiger partial charge in [0.25, 0.3) is 5.91 Å². The molecule has 5 heteroatoms. The number of amides is 1. The van der Waals surface area contributed by atoms with Crippen LogP contribution < -0.4 is 4.74 Å². The number of benzene rings is 1. The molecular weight excluding hydrogens is 270 g/mol. The van der Waals surface area contributed by atoms with Gasteiger partial charge in [0.1, 0.15) is 11.8 Å². The summed E-state index contributed by atoms with van der Waals surface area (Å²) in [5, 5.41) is 9.25. The molecule has 1 heterocycles. The number of carboxylic acids is 1. The van der Waals surface area contributed by atoms with Crippen LogP contribution in [0.5, 0.6) is 5.75 Å². The Hall–Kier alpha value is -2.48. The van der Waals surface area contributed by atoms with Crippen molar-refractivity contribution in [2.45, 2.75) is 25.3 Å². The minimum atomic E-state index is -0.980. The molecule has 1 amide bonds. The van der Waals surface area contributed by atoms with Crippen LogP contribution in [-0.2, 0) is 4.79 Å². The molecule has 1 aliphatic heterocycles. The van der Waals surface area contributed by atoms with Crippen molar-refractivity contribution in [3.63, 3.8) is 0 Å². The van der Waals surface area contributed by atoms with E-state index < -0.39 is 12.0 Å². The van der Waals surface area contributed by atoms with Gasteiger partial charge in [-0.2, -0.15) is 0 Å². The molecule has 0 bridgehead atoms. The van der Waals surface area contributed by atoms with Crippen molar-refractivity contribution in [3.05, 3.63) is 35.7 Å². The van der Waals surface area contributed by atoms with Crippen LogP contribution in [0.15, 0.2) is 18.2 Å². The normalized spacial score (nSPS) is 17.9. The van der Waals surface area contributed by atoms with Gasteiger partial charge in [0.05, 0.1) is 12.7 Å². The van der Waals surface area contributed by atoms with Crippen LogP contribution in [0.3, 0.4) is 0 Å². The number of aliphatic carboxylic acids is 1. The SMILES string of the molecule is [C]#Cc1ccc(C(=O)N2CCCCC2C(=O)O)c(OC)c1. The monoisotopic (exact) mass is 286 g/mol. The molecule has 5 nitrogen and oxygen atoms in total. The number of ether oxygens (including phenoxy) is 1. The summed E-state index contributed by atoms with van der Waals surface area (Å²) in [6.45, 7) is 0.428. The Morgan fingerprint density at radius 3 is 2.81 bits per heavy atom.